The lowest BCUT2D eigenvalue weighted by Gasteiger charge is -2.31. The maximum atomic E-state index is 10.3. The van der Waals surface area contributed by atoms with E-state index in [1.54, 1.807) is 11.3 Å². The molecule has 17 heavy (non-hydrogen) atoms. The Balaban J connectivity index is 1.88. The molecule has 0 radical (unpaired) electrons. The fourth-order valence-corrected chi connectivity index (χ4v) is 3.56. The molecule has 0 aromatic carbocycles. The van der Waals surface area contributed by atoms with Gasteiger partial charge in [-0.25, -0.2) is 4.98 Å². The van der Waals surface area contributed by atoms with Crippen LogP contribution in [0.5, 0.6) is 0 Å². The van der Waals surface area contributed by atoms with Crippen molar-refractivity contribution in [1.82, 2.24) is 4.98 Å². The molecule has 96 valence electrons. The number of thiazole rings is 1. The predicted octanol–water partition coefficient (Wildman–Crippen LogP) is 3.57. The van der Waals surface area contributed by atoms with Crippen LogP contribution in [0.25, 0.3) is 0 Å². The van der Waals surface area contributed by atoms with Crippen molar-refractivity contribution in [2.75, 3.05) is 0 Å². The molecule has 1 aliphatic rings. The zero-order chi connectivity index (χ0) is 12.3. The molecular formula is C14H23NOS. The second-order valence-electron chi connectivity index (χ2n) is 5.33. The van der Waals surface area contributed by atoms with Crippen LogP contribution in [-0.2, 0) is 6.42 Å². The third kappa shape index (κ3) is 3.52. The lowest BCUT2D eigenvalue weighted by molar-refractivity contribution is 0.0679. The van der Waals surface area contributed by atoms with Gasteiger partial charge in [0.1, 0.15) is 0 Å². The lowest BCUT2D eigenvalue weighted by Crippen LogP contribution is -2.28. The summed E-state index contributed by atoms with van der Waals surface area (Å²) < 4.78 is 0. The molecule has 1 aliphatic carbocycles. The van der Waals surface area contributed by atoms with Crippen LogP contribution in [0, 0.1) is 18.8 Å². The minimum Gasteiger partial charge on any atom is -0.392 e. The summed E-state index contributed by atoms with van der Waals surface area (Å²) in [5.41, 5.74) is 1.07. The average Bonchev–Trinajstić information content (AvgIpc) is 2.75. The maximum Gasteiger partial charge on any atom is 0.0897 e. The van der Waals surface area contributed by atoms with Crippen molar-refractivity contribution in [1.29, 1.82) is 0 Å². The minimum absolute atomic E-state index is 0.189. The third-order valence-corrected chi connectivity index (χ3v) is 4.85. The quantitative estimate of drug-likeness (QED) is 0.890. The first kappa shape index (κ1) is 13.0. The number of aryl methyl sites for hydroxylation is 1. The van der Waals surface area contributed by atoms with E-state index in [0.29, 0.717) is 5.92 Å². The molecule has 3 heteroatoms. The van der Waals surface area contributed by atoms with Crippen LogP contribution in [0.1, 0.15) is 49.7 Å². The van der Waals surface area contributed by atoms with Crippen LogP contribution in [0.15, 0.2) is 5.38 Å². The van der Waals surface area contributed by atoms with Crippen LogP contribution in [0.2, 0.25) is 0 Å². The van der Waals surface area contributed by atoms with Crippen molar-refractivity contribution >= 4 is 11.3 Å². The van der Waals surface area contributed by atoms with Crippen LogP contribution in [-0.4, -0.2) is 16.2 Å². The van der Waals surface area contributed by atoms with Crippen molar-refractivity contribution in [3.63, 3.8) is 0 Å². The van der Waals surface area contributed by atoms with Gasteiger partial charge in [0.05, 0.1) is 16.8 Å². The van der Waals surface area contributed by atoms with E-state index < -0.39 is 0 Å². The molecule has 1 N–H and O–H groups in total. The molecule has 0 saturated heterocycles. The van der Waals surface area contributed by atoms with Gasteiger partial charge in [0, 0.05) is 11.8 Å². The molecule has 0 aliphatic heterocycles. The topological polar surface area (TPSA) is 33.1 Å². The Hall–Kier alpha value is -0.410. The second-order valence-corrected chi connectivity index (χ2v) is 6.39. The summed E-state index contributed by atoms with van der Waals surface area (Å²) in [5, 5.41) is 13.5. The van der Waals surface area contributed by atoms with Gasteiger partial charge in [-0.3, -0.25) is 0 Å². The highest BCUT2D eigenvalue weighted by molar-refractivity contribution is 7.09. The van der Waals surface area contributed by atoms with Crippen LogP contribution < -0.4 is 0 Å². The fraction of sp³-hybridized carbons (Fsp3) is 0.786. The first-order valence-electron chi connectivity index (χ1n) is 6.78. The van der Waals surface area contributed by atoms with Crippen molar-refractivity contribution < 1.29 is 5.11 Å². The number of aliphatic hydroxyl groups excluding tert-OH is 1. The molecule has 3 atom stereocenters. The van der Waals surface area contributed by atoms with Crippen molar-refractivity contribution in [2.24, 2.45) is 11.8 Å². The van der Waals surface area contributed by atoms with Crippen LogP contribution in [0.4, 0.5) is 0 Å². The first-order chi connectivity index (χ1) is 8.19. The highest BCUT2D eigenvalue weighted by atomic mass is 32.1. The number of hydrogen-bond donors (Lipinski definition) is 1. The zero-order valence-corrected chi connectivity index (χ0v) is 11.7. The summed E-state index contributed by atoms with van der Waals surface area (Å²) >= 11 is 1.68. The molecule has 1 heterocycles. The van der Waals surface area contributed by atoms with Crippen LogP contribution >= 0.6 is 11.3 Å². The molecular weight excluding hydrogens is 230 g/mol. The zero-order valence-electron chi connectivity index (χ0n) is 10.9. The Kier molecular flexibility index (Phi) is 4.57. The standard InChI is InChI=1S/C14H23NOS/c1-3-11-5-4-6-12(7-11)14(16)8-13-9-17-10(2)15-13/h9,11-12,14,16H,3-8H2,1-2H3. The van der Waals surface area contributed by atoms with Crippen molar-refractivity contribution in [3.05, 3.63) is 16.1 Å². The Morgan fingerprint density at radius 2 is 2.35 bits per heavy atom. The van der Waals surface area contributed by atoms with E-state index in [9.17, 15) is 5.11 Å². The molecule has 1 saturated carbocycles. The van der Waals surface area contributed by atoms with E-state index in [0.717, 1.165) is 23.0 Å². The molecule has 0 spiro atoms. The highest BCUT2D eigenvalue weighted by Gasteiger charge is 2.26. The van der Waals surface area contributed by atoms with Gasteiger partial charge in [-0.15, -0.1) is 11.3 Å². The summed E-state index contributed by atoms with van der Waals surface area (Å²) in [4.78, 5) is 4.44. The predicted molar refractivity (Wildman–Crippen MR) is 72.3 cm³/mol. The first-order valence-corrected chi connectivity index (χ1v) is 7.66. The van der Waals surface area contributed by atoms with E-state index in [-0.39, 0.29) is 6.10 Å². The molecule has 0 bridgehead atoms. The second kappa shape index (κ2) is 5.96. The van der Waals surface area contributed by atoms with Crippen LogP contribution in [0.3, 0.4) is 0 Å². The number of nitrogens with zero attached hydrogens (tertiary/aromatic N) is 1. The number of aliphatic hydroxyl groups is 1. The van der Waals surface area contributed by atoms with Gasteiger partial charge in [-0.05, 0) is 31.6 Å². The van der Waals surface area contributed by atoms with E-state index in [4.69, 9.17) is 0 Å². The smallest absolute Gasteiger partial charge is 0.0897 e. The molecule has 3 unspecified atom stereocenters. The molecule has 2 rings (SSSR count). The van der Waals surface area contributed by atoms with E-state index in [1.807, 2.05) is 6.92 Å². The normalized spacial score (nSPS) is 27.0. The fourth-order valence-electron chi connectivity index (χ4n) is 2.94. The van der Waals surface area contributed by atoms with Crippen molar-refractivity contribution in [2.45, 2.75) is 58.5 Å². The lowest BCUT2D eigenvalue weighted by atomic mass is 9.77. The SMILES string of the molecule is CCC1CCCC(C(O)Cc2csc(C)n2)C1. The number of aromatic nitrogens is 1. The van der Waals surface area contributed by atoms with E-state index in [1.165, 1.54) is 32.1 Å². The van der Waals surface area contributed by atoms with Gasteiger partial charge in [-0.2, -0.15) is 0 Å². The molecule has 2 nitrogen and oxygen atoms in total. The van der Waals surface area contributed by atoms with E-state index >= 15 is 0 Å². The Bertz CT molecular complexity index is 350. The summed E-state index contributed by atoms with van der Waals surface area (Å²) in [6.45, 7) is 4.29. The van der Waals surface area contributed by atoms with Gasteiger partial charge in [0.15, 0.2) is 0 Å². The largest absolute Gasteiger partial charge is 0.392 e. The van der Waals surface area contributed by atoms with Crippen molar-refractivity contribution in [3.8, 4) is 0 Å². The Morgan fingerprint density at radius 1 is 1.53 bits per heavy atom. The van der Waals surface area contributed by atoms with Gasteiger partial charge in [0.2, 0.25) is 0 Å². The Labute approximate surface area is 108 Å². The number of hydrogen-bond acceptors (Lipinski definition) is 3. The molecule has 1 aromatic heterocycles. The van der Waals surface area contributed by atoms with E-state index in [2.05, 4.69) is 17.3 Å². The molecule has 0 amide bonds. The summed E-state index contributed by atoms with van der Waals surface area (Å²) in [5.74, 6) is 1.33. The molecule has 1 fully saturated rings. The van der Waals surface area contributed by atoms with Gasteiger partial charge in [-0.1, -0.05) is 26.2 Å². The summed E-state index contributed by atoms with van der Waals surface area (Å²) in [6.07, 6.45) is 6.86. The monoisotopic (exact) mass is 253 g/mol. The van der Waals surface area contributed by atoms with Gasteiger partial charge in [0.25, 0.3) is 0 Å². The van der Waals surface area contributed by atoms with Gasteiger partial charge >= 0.3 is 0 Å². The molecule has 1 aromatic rings. The maximum absolute atomic E-state index is 10.3. The Morgan fingerprint density at radius 3 is 3.00 bits per heavy atom. The average molecular weight is 253 g/mol. The summed E-state index contributed by atoms with van der Waals surface area (Å²) in [6, 6.07) is 0. The number of rotatable bonds is 4. The summed E-state index contributed by atoms with van der Waals surface area (Å²) in [7, 11) is 0. The third-order valence-electron chi connectivity index (χ3n) is 4.03. The minimum atomic E-state index is -0.189. The van der Waals surface area contributed by atoms with Gasteiger partial charge < -0.3 is 5.11 Å². The highest BCUT2D eigenvalue weighted by Crippen LogP contribution is 2.33.